The molecular formula is C22H23N3O3S. The second kappa shape index (κ2) is 7.57. The van der Waals surface area contributed by atoms with Crippen LogP contribution in [0, 0.1) is 0 Å². The van der Waals surface area contributed by atoms with E-state index in [0.29, 0.717) is 17.8 Å². The van der Waals surface area contributed by atoms with E-state index in [-0.39, 0.29) is 10.8 Å². The Morgan fingerprint density at radius 2 is 1.97 bits per heavy atom. The molecule has 0 saturated carbocycles. The van der Waals surface area contributed by atoms with Gasteiger partial charge in [-0.05, 0) is 30.8 Å². The highest BCUT2D eigenvalue weighted by molar-refractivity contribution is 7.90. The molecule has 7 heteroatoms. The van der Waals surface area contributed by atoms with Gasteiger partial charge in [0.2, 0.25) is 0 Å². The fraction of sp³-hybridized carbons (Fsp3) is 0.273. The molecule has 2 heterocycles. The highest BCUT2D eigenvalue weighted by atomic mass is 32.2. The molecule has 0 aliphatic carbocycles. The Kier molecular flexibility index (Phi) is 5.10. The van der Waals surface area contributed by atoms with Crippen LogP contribution in [0.25, 0.3) is 10.9 Å². The number of anilines is 1. The molecule has 1 aromatic heterocycles. The molecule has 29 heavy (non-hydrogen) atoms. The van der Waals surface area contributed by atoms with Gasteiger partial charge >= 0.3 is 0 Å². The Labute approximate surface area is 170 Å². The molecule has 0 radical (unpaired) electrons. The third-order valence-electron chi connectivity index (χ3n) is 5.32. The first kappa shape index (κ1) is 19.5. The van der Waals surface area contributed by atoms with Gasteiger partial charge in [0, 0.05) is 48.1 Å². The maximum Gasteiger partial charge on any atom is 0.256 e. The molecule has 150 valence electrons. The van der Waals surface area contributed by atoms with Crippen LogP contribution >= 0.6 is 0 Å². The predicted molar refractivity (Wildman–Crippen MR) is 114 cm³/mol. The molecule has 3 aromatic rings. The van der Waals surface area contributed by atoms with E-state index in [1.807, 2.05) is 24.3 Å². The second-order valence-electron chi connectivity index (χ2n) is 7.30. The monoisotopic (exact) mass is 409 g/mol. The number of fused-ring (bicyclic) bond motifs is 2. The van der Waals surface area contributed by atoms with Crippen molar-refractivity contribution in [2.45, 2.75) is 24.8 Å². The largest absolute Gasteiger partial charge is 0.322 e. The van der Waals surface area contributed by atoms with Gasteiger partial charge in [0.15, 0.2) is 9.84 Å². The number of carbonyl (C=O) groups excluding carboxylic acids is 1. The molecule has 4 rings (SSSR count). The number of rotatable bonds is 4. The van der Waals surface area contributed by atoms with Crippen molar-refractivity contribution in [3.8, 4) is 0 Å². The zero-order valence-corrected chi connectivity index (χ0v) is 17.3. The number of hydrogen-bond acceptors (Lipinski definition) is 5. The van der Waals surface area contributed by atoms with E-state index >= 15 is 0 Å². The number of aromatic nitrogens is 1. The predicted octanol–water partition coefficient (Wildman–Crippen LogP) is 3.27. The number of hydrogen-bond donors (Lipinski definition) is 1. The third kappa shape index (κ3) is 3.88. The smallest absolute Gasteiger partial charge is 0.256 e. The van der Waals surface area contributed by atoms with Crippen molar-refractivity contribution < 1.29 is 13.2 Å². The molecule has 1 N–H and O–H groups in total. The van der Waals surface area contributed by atoms with E-state index in [9.17, 15) is 13.2 Å². The molecule has 1 aliphatic heterocycles. The topological polar surface area (TPSA) is 79.4 Å². The lowest BCUT2D eigenvalue weighted by Gasteiger charge is -2.29. The lowest BCUT2D eigenvalue weighted by molar-refractivity contribution is 0.102. The second-order valence-corrected chi connectivity index (χ2v) is 9.32. The summed E-state index contributed by atoms with van der Waals surface area (Å²) >= 11 is 0. The fourth-order valence-corrected chi connectivity index (χ4v) is 4.44. The Bertz CT molecular complexity index is 1210. The summed E-state index contributed by atoms with van der Waals surface area (Å²) in [6.45, 7) is 4.61. The van der Waals surface area contributed by atoms with Crippen LogP contribution in [0.3, 0.4) is 0 Å². The Morgan fingerprint density at radius 1 is 1.17 bits per heavy atom. The Morgan fingerprint density at radius 3 is 2.72 bits per heavy atom. The van der Waals surface area contributed by atoms with Crippen LogP contribution in [-0.2, 0) is 22.8 Å². The number of amides is 1. The minimum atomic E-state index is -3.35. The van der Waals surface area contributed by atoms with Crippen LogP contribution in [0.4, 0.5) is 5.69 Å². The maximum atomic E-state index is 13.3. The number of carbonyl (C=O) groups is 1. The molecule has 0 saturated heterocycles. The lowest BCUT2D eigenvalue weighted by Crippen LogP contribution is -2.33. The van der Waals surface area contributed by atoms with Crippen molar-refractivity contribution in [1.82, 2.24) is 9.88 Å². The zero-order valence-electron chi connectivity index (χ0n) is 16.5. The third-order valence-corrected chi connectivity index (χ3v) is 6.43. The van der Waals surface area contributed by atoms with Crippen LogP contribution in [0.1, 0.15) is 28.5 Å². The summed E-state index contributed by atoms with van der Waals surface area (Å²) in [5.74, 6) is -0.247. The van der Waals surface area contributed by atoms with E-state index in [4.69, 9.17) is 4.98 Å². The van der Waals surface area contributed by atoms with Gasteiger partial charge in [0.05, 0.1) is 16.0 Å². The SMILES string of the molecule is CCN1CCc2nc3ccccc3c(C(=O)Nc3cccc(S(C)(=O)=O)c3)c2C1. The van der Waals surface area contributed by atoms with Gasteiger partial charge in [0.1, 0.15) is 0 Å². The van der Waals surface area contributed by atoms with Crippen LogP contribution < -0.4 is 5.32 Å². The molecular weight excluding hydrogens is 386 g/mol. The molecule has 2 aromatic carbocycles. The van der Waals surface area contributed by atoms with Crippen molar-refractivity contribution in [2.24, 2.45) is 0 Å². The van der Waals surface area contributed by atoms with Gasteiger partial charge in [-0.25, -0.2) is 8.42 Å². The normalized spacial score (nSPS) is 14.6. The summed E-state index contributed by atoms with van der Waals surface area (Å²) < 4.78 is 23.7. The van der Waals surface area contributed by atoms with E-state index in [1.54, 1.807) is 12.1 Å². The van der Waals surface area contributed by atoms with Crippen LogP contribution in [-0.4, -0.2) is 43.6 Å². The zero-order chi connectivity index (χ0) is 20.6. The summed E-state index contributed by atoms with van der Waals surface area (Å²) in [6, 6.07) is 14.0. The quantitative estimate of drug-likeness (QED) is 0.715. The minimum absolute atomic E-state index is 0.175. The van der Waals surface area contributed by atoms with Crippen molar-refractivity contribution >= 4 is 32.3 Å². The highest BCUT2D eigenvalue weighted by Crippen LogP contribution is 2.29. The Balaban J connectivity index is 1.80. The first-order valence-corrected chi connectivity index (χ1v) is 11.5. The molecule has 0 fully saturated rings. The highest BCUT2D eigenvalue weighted by Gasteiger charge is 2.25. The molecule has 0 spiro atoms. The van der Waals surface area contributed by atoms with Gasteiger partial charge in [0.25, 0.3) is 5.91 Å². The number of likely N-dealkylation sites (N-methyl/N-ethyl adjacent to an activating group) is 1. The summed E-state index contributed by atoms with van der Waals surface area (Å²) in [5, 5.41) is 3.70. The standard InChI is InChI=1S/C22H23N3O3S/c1-3-25-12-11-20-18(14-25)21(17-9-4-5-10-19(17)24-20)22(26)23-15-7-6-8-16(13-15)29(2,27)28/h4-10,13H,3,11-12,14H2,1-2H3,(H,23,26). The average Bonchev–Trinajstić information content (AvgIpc) is 2.71. The Hall–Kier alpha value is -2.77. The summed E-state index contributed by atoms with van der Waals surface area (Å²) in [4.78, 5) is 20.6. The number of pyridine rings is 1. The molecule has 0 unspecified atom stereocenters. The number of sulfone groups is 1. The number of para-hydroxylation sites is 1. The number of nitrogens with zero attached hydrogens (tertiary/aromatic N) is 2. The lowest BCUT2D eigenvalue weighted by atomic mass is 9.95. The number of benzene rings is 2. The fourth-order valence-electron chi connectivity index (χ4n) is 3.77. The van der Waals surface area contributed by atoms with Crippen molar-refractivity contribution in [3.05, 3.63) is 65.4 Å². The first-order valence-electron chi connectivity index (χ1n) is 9.61. The van der Waals surface area contributed by atoms with Gasteiger partial charge in [-0.15, -0.1) is 0 Å². The number of nitrogens with one attached hydrogen (secondary N) is 1. The maximum absolute atomic E-state index is 13.3. The molecule has 0 bridgehead atoms. The van der Waals surface area contributed by atoms with Gasteiger partial charge < -0.3 is 5.32 Å². The van der Waals surface area contributed by atoms with Crippen molar-refractivity contribution in [2.75, 3.05) is 24.7 Å². The van der Waals surface area contributed by atoms with E-state index in [2.05, 4.69) is 17.1 Å². The van der Waals surface area contributed by atoms with Crippen LogP contribution in [0.2, 0.25) is 0 Å². The van der Waals surface area contributed by atoms with Gasteiger partial charge in [-0.3, -0.25) is 14.7 Å². The van der Waals surface area contributed by atoms with E-state index < -0.39 is 9.84 Å². The van der Waals surface area contributed by atoms with Crippen molar-refractivity contribution in [1.29, 1.82) is 0 Å². The van der Waals surface area contributed by atoms with Gasteiger partial charge in [-0.2, -0.15) is 0 Å². The minimum Gasteiger partial charge on any atom is -0.322 e. The molecule has 0 atom stereocenters. The van der Waals surface area contributed by atoms with Crippen molar-refractivity contribution in [3.63, 3.8) is 0 Å². The summed E-state index contributed by atoms with van der Waals surface area (Å²) in [5.41, 5.74) is 3.78. The summed E-state index contributed by atoms with van der Waals surface area (Å²) in [6.07, 6.45) is 1.96. The van der Waals surface area contributed by atoms with Crippen LogP contribution in [0.5, 0.6) is 0 Å². The van der Waals surface area contributed by atoms with E-state index in [1.165, 1.54) is 12.1 Å². The molecule has 6 nitrogen and oxygen atoms in total. The molecule has 1 aliphatic rings. The van der Waals surface area contributed by atoms with Crippen LogP contribution in [0.15, 0.2) is 53.4 Å². The average molecular weight is 410 g/mol. The molecule has 1 amide bonds. The first-order chi connectivity index (χ1) is 13.9. The van der Waals surface area contributed by atoms with Gasteiger partial charge in [-0.1, -0.05) is 31.2 Å². The van der Waals surface area contributed by atoms with E-state index in [0.717, 1.165) is 47.9 Å². The summed E-state index contributed by atoms with van der Waals surface area (Å²) in [7, 11) is -3.35.